The maximum Gasteiger partial charge on any atom is 0.356 e. The zero-order chi connectivity index (χ0) is 14.9. The second-order valence-corrected chi connectivity index (χ2v) is 6.04. The lowest BCUT2D eigenvalue weighted by molar-refractivity contribution is 0.0679. The van der Waals surface area contributed by atoms with E-state index in [1.165, 1.54) is 6.42 Å². The Bertz CT molecular complexity index is 515. The first-order valence-electron chi connectivity index (χ1n) is 6.64. The van der Waals surface area contributed by atoms with Crippen molar-refractivity contribution >= 4 is 23.4 Å². The molecule has 0 radical (unpaired) electrons. The van der Waals surface area contributed by atoms with E-state index in [4.69, 9.17) is 16.7 Å². The van der Waals surface area contributed by atoms with Gasteiger partial charge in [0.05, 0.1) is 5.02 Å². The zero-order valence-corrected chi connectivity index (χ0v) is 12.8. The van der Waals surface area contributed by atoms with Gasteiger partial charge in [0.25, 0.3) is 0 Å². The first-order chi connectivity index (χ1) is 9.35. The maximum absolute atomic E-state index is 11.1. The molecule has 0 bridgehead atoms. The third-order valence-electron chi connectivity index (χ3n) is 4.19. The van der Waals surface area contributed by atoms with E-state index < -0.39 is 5.97 Å². The summed E-state index contributed by atoms with van der Waals surface area (Å²) in [5.41, 5.74) is 0.0722. The molecule has 2 rings (SSSR count). The summed E-state index contributed by atoms with van der Waals surface area (Å²) in [6.07, 6.45) is 3.55. The first kappa shape index (κ1) is 15.1. The van der Waals surface area contributed by atoms with E-state index in [0.29, 0.717) is 5.82 Å². The minimum Gasteiger partial charge on any atom is -0.476 e. The fourth-order valence-electron chi connectivity index (χ4n) is 2.65. The molecule has 1 N–H and O–H groups in total. The van der Waals surface area contributed by atoms with Gasteiger partial charge in [-0.25, -0.2) is 9.78 Å². The average molecular weight is 298 g/mol. The largest absolute Gasteiger partial charge is 0.476 e. The topological polar surface area (TPSA) is 56.7 Å². The number of hydrogen-bond donors (Lipinski definition) is 1. The van der Waals surface area contributed by atoms with Gasteiger partial charge in [0.1, 0.15) is 5.82 Å². The van der Waals surface area contributed by atoms with Crippen LogP contribution in [0, 0.1) is 0 Å². The second-order valence-electron chi connectivity index (χ2n) is 5.63. The number of nitrogens with zero attached hydrogens (tertiary/aromatic N) is 3. The van der Waals surface area contributed by atoms with Gasteiger partial charge >= 0.3 is 5.97 Å². The molecule has 1 aromatic heterocycles. The molecule has 110 valence electrons. The van der Waals surface area contributed by atoms with Crippen molar-refractivity contribution in [2.75, 3.05) is 32.6 Å². The van der Waals surface area contributed by atoms with Crippen molar-refractivity contribution in [1.82, 2.24) is 9.88 Å². The molecule has 0 unspecified atom stereocenters. The Balaban J connectivity index is 2.19. The van der Waals surface area contributed by atoms with Crippen molar-refractivity contribution in [3.8, 4) is 0 Å². The Morgan fingerprint density at radius 3 is 2.50 bits per heavy atom. The van der Waals surface area contributed by atoms with E-state index in [0.717, 1.165) is 19.4 Å². The van der Waals surface area contributed by atoms with Crippen LogP contribution in [0.3, 0.4) is 0 Å². The number of aromatic nitrogens is 1. The quantitative estimate of drug-likeness (QED) is 0.904. The third-order valence-corrected chi connectivity index (χ3v) is 4.49. The summed E-state index contributed by atoms with van der Waals surface area (Å²) < 4.78 is 0. The van der Waals surface area contributed by atoms with Gasteiger partial charge in [-0.3, -0.25) is 0 Å². The number of anilines is 1. The fourth-order valence-corrected chi connectivity index (χ4v) is 2.83. The van der Waals surface area contributed by atoms with Crippen LogP contribution in [0.5, 0.6) is 0 Å². The number of carboxylic acids is 1. The molecule has 1 fully saturated rings. The van der Waals surface area contributed by atoms with Crippen LogP contribution in [0.2, 0.25) is 5.02 Å². The number of pyridine rings is 1. The highest BCUT2D eigenvalue weighted by Gasteiger charge is 2.40. The summed E-state index contributed by atoms with van der Waals surface area (Å²) >= 11 is 5.85. The van der Waals surface area contributed by atoms with Crippen LogP contribution in [0.25, 0.3) is 0 Å². The average Bonchev–Trinajstić information content (AvgIpc) is 2.33. The number of rotatable bonds is 5. The summed E-state index contributed by atoms with van der Waals surface area (Å²) in [5, 5.41) is 9.24. The molecule has 20 heavy (non-hydrogen) atoms. The summed E-state index contributed by atoms with van der Waals surface area (Å²) in [6.45, 7) is 0.827. The highest BCUT2D eigenvalue weighted by atomic mass is 35.5. The van der Waals surface area contributed by atoms with E-state index in [1.54, 1.807) is 12.1 Å². The summed E-state index contributed by atoms with van der Waals surface area (Å²) in [6, 6.07) is 3.35. The first-order valence-corrected chi connectivity index (χ1v) is 7.02. The molecule has 0 atom stereocenters. The molecule has 0 saturated heterocycles. The standard InChI is InChI=1S/C14H20ClN3O2/c1-17(2)14(7-4-8-14)9-18(3)11-6-5-10(15)12(16-11)13(19)20/h5-6H,4,7-9H2,1-3H3,(H,19,20). The van der Waals surface area contributed by atoms with Crippen molar-refractivity contribution in [1.29, 1.82) is 0 Å². The van der Waals surface area contributed by atoms with Crippen LogP contribution in [0.1, 0.15) is 29.8 Å². The Hall–Kier alpha value is -1.33. The lowest BCUT2D eigenvalue weighted by Crippen LogP contribution is -2.56. The van der Waals surface area contributed by atoms with Crippen LogP contribution in [-0.2, 0) is 0 Å². The molecule has 1 saturated carbocycles. The Morgan fingerprint density at radius 1 is 1.40 bits per heavy atom. The molecule has 1 aliphatic carbocycles. The fraction of sp³-hybridized carbons (Fsp3) is 0.571. The number of halogens is 1. The molecule has 6 heteroatoms. The second kappa shape index (κ2) is 5.58. The van der Waals surface area contributed by atoms with Gasteiger partial charge in [0.15, 0.2) is 5.69 Å². The van der Waals surface area contributed by atoms with Crippen LogP contribution in [0.4, 0.5) is 5.82 Å². The van der Waals surface area contributed by atoms with E-state index >= 15 is 0 Å². The van der Waals surface area contributed by atoms with Crippen molar-refractivity contribution in [3.63, 3.8) is 0 Å². The summed E-state index contributed by atoms with van der Waals surface area (Å²) in [5.74, 6) is -0.462. The lowest BCUT2D eigenvalue weighted by Gasteiger charge is -2.49. The van der Waals surface area contributed by atoms with Crippen molar-refractivity contribution in [3.05, 3.63) is 22.8 Å². The monoisotopic (exact) mass is 297 g/mol. The van der Waals surface area contributed by atoms with E-state index in [1.807, 2.05) is 11.9 Å². The zero-order valence-electron chi connectivity index (χ0n) is 12.1. The molecule has 0 amide bonds. The molecule has 1 aromatic rings. The molecule has 1 aliphatic rings. The molecule has 0 aromatic carbocycles. The smallest absolute Gasteiger partial charge is 0.356 e. The van der Waals surface area contributed by atoms with Gasteiger partial charge in [-0.1, -0.05) is 11.6 Å². The van der Waals surface area contributed by atoms with Crippen molar-refractivity contribution < 1.29 is 9.90 Å². The van der Waals surface area contributed by atoms with E-state index in [9.17, 15) is 4.79 Å². The Labute approximate surface area is 124 Å². The van der Waals surface area contributed by atoms with Crippen LogP contribution in [-0.4, -0.2) is 54.2 Å². The Kier molecular flexibility index (Phi) is 4.20. The normalized spacial score (nSPS) is 16.9. The number of hydrogen-bond acceptors (Lipinski definition) is 4. The van der Waals surface area contributed by atoms with Gasteiger partial charge in [0.2, 0.25) is 0 Å². The minimum absolute atomic E-state index is 0.0940. The van der Waals surface area contributed by atoms with Gasteiger partial charge in [-0.05, 0) is 45.5 Å². The summed E-state index contributed by atoms with van der Waals surface area (Å²) in [4.78, 5) is 19.5. The molecule has 1 heterocycles. The lowest BCUT2D eigenvalue weighted by atomic mass is 9.75. The number of likely N-dealkylation sites (N-methyl/N-ethyl adjacent to an activating group) is 2. The van der Waals surface area contributed by atoms with Crippen LogP contribution >= 0.6 is 11.6 Å². The summed E-state index contributed by atoms with van der Waals surface area (Å²) in [7, 11) is 6.11. The van der Waals surface area contributed by atoms with Crippen LogP contribution in [0.15, 0.2) is 12.1 Å². The number of carbonyl (C=O) groups is 1. The predicted octanol–water partition coefficient (Wildman–Crippen LogP) is 2.35. The third kappa shape index (κ3) is 2.74. The minimum atomic E-state index is -1.10. The van der Waals surface area contributed by atoms with E-state index in [2.05, 4.69) is 24.0 Å². The number of carboxylic acid groups (broad SMARTS) is 1. The molecule has 0 aliphatic heterocycles. The van der Waals surface area contributed by atoms with Gasteiger partial charge in [0, 0.05) is 19.1 Å². The van der Waals surface area contributed by atoms with Gasteiger partial charge < -0.3 is 14.9 Å². The molecule has 0 spiro atoms. The van der Waals surface area contributed by atoms with Crippen molar-refractivity contribution in [2.24, 2.45) is 0 Å². The van der Waals surface area contributed by atoms with Crippen molar-refractivity contribution in [2.45, 2.75) is 24.8 Å². The number of aromatic carboxylic acids is 1. The SMILES string of the molecule is CN(CC1(N(C)C)CCC1)c1ccc(Cl)c(C(=O)O)n1. The molecular weight excluding hydrogens is 278 g/mol. The van der Waals surface area contributed by atoms with Crippen LogP contribution < -0.4 is 4.90 Å². The van der Waals surface area contributed by atoms with E-state index in [-0.39, 0.29) is 16.3 Å². The van der Waals surface area contributed by atoms with Gasteiger partial charge in [-0.15, -0.1) is 0 Å². The van der Waals surface area contributed by atoms with Gasteiger partial charge in [-0.2, -0.15) is 0 Å². The Morgan fingerprint density at radius 2 is 2.05 bits per heavy atom. The molecular formula is C14H20ClN3O2. The predicted molar refractivity (Wildman–Crippen MR) is 79.7 cm³/mol. The molecule has 5 nitrogen and oxygen atoms in total. The maximum atomic E-state index is 11.1. The highest BCUT2D eigenvalue weighted by Crippen LogP contribution is 2.37. The highest BCUT2D eigenvalue weighted by molar-refractivity contribution is 6.33.